The Morgan fingerprint density at radius 2 is 1.40 bits per heavy atom. The summed E-state index contributed by atoms with van der Waals surface area (Å²) < 4.78 is 0. The van der Waals surface area contributed by atoms with Crippen LogP contribution >= 0.6 is 0 Å². The Kier molecular flexibility index (Phi) is 8.99. The van der Waals surface area contributed by atoms with Gasteiger partial charge in [-0.2, -0.15) is 0 Å². The molecule has 0 amide bonds. The van der Waals surface area contributed by atoms with Gasteiger partial charge in [0.1, 0.15) is 5.78 Å². The van der Waals surface area contributed by atoms with Crippen LogP contribution in [0, 0.1) is 5.41 Å². The van der Waals surface area contributed by atoms with Crippen LogP contribution in [0.15, 0.2) is 12.2 Å². The van der Waals surface area contributed by atoms with E-state index < -0.39 is 0 Å². The number of carbonyl (C=O) groups excluding carboxylic acids is 1. The maximum atomic E-state index is 11.8. The van der Waals surface area contributed by atoms with Gasteiger partial charge in [-0.25, -0.2) is 0 Å². The molecule has 0 aliphatic rings. The standard InChI is InChI=1S/C17H34N2O/c1-15(2)8-10-18(6)12-13-19(7)11-9-16(20)14-17(3,4)5/h1,8-14H2,2-7H3. The Morgan fingerprint density at radius 3 is 1.80 bits per heavy atom. The van der Waals surface area contributed by atoms with E-state index in [-0.39, 0.29) is 5.41 Å². The van der Waals surface area contributed by atoms with Gasteiger partial charge in [-0.1, -0.05) is 26.3 Å². The molecule has 3 heteroatoms. The maximum Gasteiger partial charge on any atom is 0.134 e. The minimum absolute atomic E-state index is 0.110. The summed E-state index contributed by atoms with van der Waals surface area (Å²) in [6.45, 7) is 16.3. The fraction of sp³-hybridized carbons (Fsp3) is 0.824. The lowest BCUT2D eigenvalue weighted by Crippen LogP contribution is -2.32. The Balaban J connectivity index is 3.75. The highest BCUT2D eigenvalue weighted by atomic mass is 16.1. The molecule has 0 unspecified atom stereocenters. The van der Waals surface area contributed by atoms with Crippen LogP contribution in [0.4, 0.5) is 0 Å². The molecule has 0 aliphatic carbocycles. The lowest BCUT2D eigenvalue weighted by Gasteiger charge is -2.22. The molecule has 20 heavy (non-hydrogen) atoms. The van der Waals surface area contributed by atoms with E-state index in [1.165, 1.54) is 5.57 Å². The zero-order chi connectivity index (χ0) is 15.8. The van der Waals surface area contributed by atoms with Crippen LogP contribution < -0.4 is 0 Å². The van der Waals surface area contributed by atoms with Crippen molar-refractivity contribution in [2.24, 2.45) is 5.41 Å². The first-order valence-electron chi connectivity index (χ1n) is 7.63. The third-order valence-corrected chi connectivity index (χ3v) is 3.28. The normalized spacial score (nSPS) is 12.2. The summed E-state index contributed by atoms with van der Waals surface area (Å²) in [7, 11) is 4.23. The van der Waals surface area contributed by atoms with Crippen LogP contribution in [0.5, 0.6) is 0 Å². The topological polar surface area (TPSA) is 23.6 Å². The number of hydrogen-bond acceptors (Lipinski definition) is 3. The third kappa shape index (κ3) is 12.4. The molecular formula is C17H34N2O. The smallest absolute Gasteiger partial charge is 0.134 e. The van der Waals surface area contributed by atoms with Crippen LogP contribution in [0.25, 0.3) is 0 Å². The number of Topliss-reactive ketones (excluding diaryl/α,β-unsaturated/α-hetero) is 1. The van der Waals surface area contributed by atoms with Crippen LogP contribution in [0.2, 0.25) is 0 Å². The Morgan fingerprint density at radius 1 is 0.950 bits per heavy atom. The van der Waals surface area contributed by atoms with Crippen LogP contribution in [0.3, 0.4) is 0 Å². The van der Waals surface area contributed by atoms with Crippen LogP contribution in [-0.4, -0.2) is 55.9 Å². The van der Waals surface area contributed by atoms with Crippen molar-refractivity contribution in [1.82, 2.24) is 9.80 Å². The molecular weight excluding hydrogens is 248 g/mol. The molecule has 0 saturated heterocycles. The largest absolute Gasteiger partial charge is 0.305 e. The molecule has 0 N–H and O–H groups in total. The highest BCUT2D eigenvalue weighted by Crippen LogP contribution is 2.19. The highest BCUT2D eigenvalue weighted by Gasteiger charge is 2.16. The number of nitrogens with zero attached hydrogens (tertiary/aromatic N) is 2. The molecule has 0 bridgehead atoms. The van der Waals surface area contributed by atoms with Gasteiger partial charge >= 0.3 is 0 Å². The molecule has 0 rings (SSSR count). The van der Waals surface area contributed by atoms with Gasteiger partial charge in [-0.15, -0.1) is 6.58 Å². The van der Waals surface area contributed by atoms with Gasteiger partial charge in [-0.3, -0.25) is 4.79 Å². The van der Waals surface area contributed by atoms with Crippen molar-refractivity contribution in [1.29, 1.82) is 0 Å². The summed E-state index contributed by atoms with van der Waals surface area (Å²) in [5.41, 5.74) is 1.34. The minimum atomic E-state index is 0.110. The Labute approximate surface area is 126 Å². The van der Waals surface area contributed by atoms with Crippen LogP contribution in [0.1, 0.15) is 47.0 Å². The van der Waals surface area contributed by atoms with Gasteiger partial charge in [-0.05, 0) is 32.9 Å². The first-order valence-corrected chi connectivity index (χ1v) is 7.63. The van der Waals surface area contributed by atoms with Gasteiger partial charge in [0.15, 0.2) is 0 Å². The second-order valence-electron chi connectivity index (χ2n) is 7.34. The predicted octanol–water partition coefficient (Wildman–Crippen LogP) is 3.21. The second kappa shape index (κ2) is 9.30. The highest BCUT2D eigenvalue weighted by molar-refractivity contribution is 5.79. The molecule has 0 saturated carbocycles. The lowest BCUT2D eigenvalue weighted by atomic mass is 9.89. The van der Waals surface area contributed by atoms with Crippen molar-refractivity contribution in [3.8, 4) is 0 Å². The summed E-state index contributed by atoms with van der Waals surface area (Å²) in [5.74, 6) is 0.375. The molecule has 0 fully saturated rings. The average molecular weight is 282 g/mol. The number of carbonyl (C=O) groups is 1. The molecule has 0 radical (unpaired) electrons. The number of rotatable bonds is 10. The zero-order valence-corrected chi connectivity index (χ0v) is 14.5. The van der Waals surface area contributed by atoms with Gasteiger partial charge in [0.25, 0.3) is 0 Å². The number of likely N-dealkylation sites (N-methyl/N-ethyl adjacent to an activating group) is 2. The molecule has 0 aromatic carbocycles. The molecule has 0 aliphatic heterocycles. The fourth-order valence-electron chi connectivity index (χ4n) is 1.94. The van der Waals surface area contributed by atoms with E-state index in [0.29, 0.717) is 18.6 Å². The average Bonchev–Trinajstić information content (AvgIpc) is 2.29. The molecule has 0 aromatic rings. The van der Waals surface area contributed by atoms with Crippen LogP contribution in [-0.2, 0) is 4.79 Å². The first-order chi connectivity index (χ1) is 9.10. The van der Waals surface area contributed by atoms with Crippen molar-refractivity contribution in [3.05, 3.63) is 12.2 Å². The SMILES string of the molecule is C=C(C)CCN(C)CCN(C)CCC(=O)CC(C)(C)C. The van der Waals surface area contributed by atoms with Crippen molar-refractivity contribution in [2.45, 2.75) is 47.0 Å². The quantitative estimate of drug-likeness (QED) is 0.575. The van der Waals surface area contributed by atoms with E-state index in [1.54, 1.807) is 0 Å². The molecule has 118 valence electrons. The maximum absolute atomic E-state index is 11.8. The van der Waals surface area contributed by atoms with Gasteiger partial charge < -0.3 is 9.80 Å². The Hall–Kier alpha value is -0.670. The zero-order valence-electron chi connectivity index (χ0n) is 14.5. The summed E-state index contributed by atoms with van der Waals surface area (Å²) in [5, 5.41) is 0. The van der Waals surface area contributed by atoms with Crippen molar-refractivity contribution < 1.29 is 4.79 Å². The van der Waals surface area contributed by atoms with Crippen molar-refractivity contribution >= 4 is 5.78 Å². The molecule has 0 spiro atoms. The summed E-state index contributed by atoms with van der Waals surface area (Å²) in [6, 6.07) is 0. The Bertz CT molecular complexity index is 305. The number of hydrogen-bond donors (Lipinski definition) is 0. The van der Waals surface area contributed by atoms with E-state index in [0.717, 1.165) is 32.6 Å². The van der Waals surface area contributed by atoms with E-state index in [1.807, 2.05) is 0 Å². The first kappa shape index (κ1) is 19.3. The monoisotopic (exact) mass is 282 g/mol. The molecule has 3 nitrogen and oxygen atoms in total. The predicted molar refractivity (Wildman–Crippen MR) is 88.1 cm³/mol. The summed E-state index contributed by atoms with van der Waals surface area (Å²) in [4.78, 5) is 16.4. The summed E-state index contributed by atoms with van der Waals surface area (Å²) in [6.07, 6.45) is 2.41. The molecule has 0 heterocycles. The lowest BCUT2D eigenvalue weighted by molar-refractivity contribution is -0.121. The minimum Gasteiger partial charge on any atom is -0.305 e. The van der Waals surface area contributed by atoms with E-state index >= 15 is 0 Å². The number of ketones is 1. The second-order valence-corrected chi connectivity index (χ2v) is 7.34. The molecule has 0 aromatic heterocycles. The van der Waals surface area contributed by atoms with Gasteiger partial charge in [0.05, 0.1) is 0 Å². The van der Waals surface area contributed by atoms with Gasteiger partial charge in [0.2, 0.25) is 0 Å². The van der Waals surface area contributed by atoms with E-state index in [2.05, 4.69) is 58.2 Å². The van der Waals surface area contributed by atoms with E-state index in [4.69, 9.17) is 0 Å². The summed E-state index contributed by atoms with van der Waals surface area (Å²) >= 11 is 0. The van der Waals surface area contributed by atoms with E-state index in [9.17, 15) is 4.79 Å². The molecule has 0 atom stereocenters. The third-order valence-electron chi connectivity index (χ3n) is 3.28. The van der Waals surface area contributed by atoms with Gasteiger partial charge in [0, 0.05) is 39.0 Å². The van der Waals surface area contributed by atoms with Crippen molar-refractivity contribution in [3.63, 3.8) is 0 Å². The fourth-order valence-corrected chi connectivity index (χ4v) is 1.94. The van der Waals surface area contributed by atoms with Crippen molar-refractivity contribution in [2.75, 3.05) is 40.3 Å².